The van der Waals surface area contributed by atoms with Gasteiger partial charge in [0.1, 0.15) is 12.1 Å². The fourth-order valence-electron chi connectivity index (χ4n) is 1.62. The predicted octanol–water partition coefficient (Wildman–Crippen LogP) is 3.30. The summed E-state index contributed by atoms with van der Waals surface area (Å²) in [6.07, 6.45) is 2.01. The Kier molecular flexibility index (Phi) is 4.25. The van der Waals surface area contributed by atoms with Gasteiger partial charge in [-0.15, -0.1) is 0 Å². The minimum Gasteiger partial charge on any atom is -0.481 e. The standard InChI is InChI=1S/C13H12BrFN2O/c1-18-13-7-9(16-8-17-13)6-11(14)10-4-2-3-5-12(10)15/h2-5,7-8,11H,6H2,1H3. The van der Waals surface area contributed by atoms with Gasteiger partial charge in [0.2, 0.25) is 5.88 Å². The summed E-state index contributed by atoms with van der Waals surface area (Å²) in [4.78, 5) is 7.95. The maximum Gasteiger partial charge on any atom is 0.216 e. The summed E-state index contributed by atoms with van der Waals surface area (Å²) in [5, 5.41) is 0. The average molecular weight is 311 g/mol. The molecule has 0 amide bonds. The first-order valence-electron chi connectivity index (χ1n) is 5.44. The highest BCUT2D eigenvalue weighted by molar-refractivity contribution is 9.09. The van der Waals surface area contributed by atoms with Crippen molar-refractivity contribution in [3.63, 3.8) is 0 Å². The number of hydrogen-bond acceptors (Lipinski definition) is 3. The summed E-state index contributed by atoms with van der Waals surface area (Å²) in [5.74, 6) is 0.286. The predicted molar refractivity (Wildman–Crippen MR) is 70.4 cm³/mol. The van der Waals surface area contributed by atoms with Gasteiger partial charge in [0.15, 0.2) is 0 Å². The number of rotatable bonds is 4. The van der Waals surface area contributed by atoms with Crippen LogP contribution in [-0.4, -0.2) is 17.1 Å². The van der Waals surface area contributed by atoms with E-state index in [0.717, 1.165) is 5.69 Å². The van der Waals surface area contributed by atoms with Gasteiger partial charge in [-0.3, -0.25) is 0 Å². The van der Waals surface area contributed by atoms with E-state index in [1.807, 2.05) is 6.07 Å². The minimum atomic E-state index is -0.222. The maximum atomic E-state index is 13.6. The molecule has 0 fully saturated rings. The average Bonchev–Trinajstić information content (AvgIpc) is 2.39. The highest BCUT2D eigenvalue weighted by atomic mass is 79.9. The molecule has 5 heteroatoms. The van der Waals surface area contributed by atoms with Crippen molar-refractivity contribution in [2.45, 2.75) is 11.2 Å². The molecule has 0 saturated heterocycles. The summed E-state index contributed by atoms with van der Waals surface area (Å²) < 4.78 is 18.6. The van der Waals surface area contributed by atoms with Crippen LogP contribution < -0.4 is 4.74 Å². The van der Waals surface area contributed by atoms with Gasteiger partial charge >= 0.3 is 0 Å². The molecule has 0 radical (unpaired) electrons. The lowest BCUT2D eigenvalue weighted by molar-refractivity contribution is 0.396. The van der Waals surface area contributed by atoms with Crippen LogP contribution in [0.1, 0.15) is 16.1 Å². The van der Waals surface area contributed by atoms with Gasteiger partial charge < -0.3 is 4.74 Å². The van der Waals surface area contributed by atoms with Crippen LogP contribution in [-0.2, 0) is 6.42 Å². The second kappa shape index (κ2) is 5.91. The van der Waals surface area contributed by atoms with Gasteiger partial charge in [-0.25, -0.2) is 14.4 Å². The van der Waals surface area contributed by atoms with Crippen LogP contribution in [0.3, 0.4) is 0 Å². The van der Waals surface area contributed by atoms with E-state index in [-0.39, 0.29) is 10.6 Å². The Bertz CT molecular complexity index is 536. The molecule has 2 aromatic rings. The third kappa shape index (κ3) is 3.04. The molecule has 0 bridgehead atoms. The molecule has 0 aliphatic heterocycles. The van der Waals surface area contributed by atoms with Crippen molar-refractivity contribution in [3.8, 4) is 5.88 Å². The first-order chi connectivity index (χ1) is 8.70. The zero-order valence-electron chi connectivity index (χ0n) is 9.81. The molecular formula is C13H12BrFN2O. The fourth-order valence-corrected chi connectivity index (χ4v) is 2.33. The Balaban J connectivity index is 2.16. The van der Waals surface area contributed by atoms with Crippen molar-refractivity contribution < 1.29 is 9.13 Å². The van der Waals surface area contributed by atoms with Crippen LogP contribution in [0, 0.1) is 5.82 Å². The highest BCUT2D eigenvalue weighted by Gasteiger charge is 2.13. The van der Waals surface area contributed by atoms with E-state index in [2.05, 4.69) is 25.9 Å². The van der Waals surface area contributed by atoms with Crippen molar-refractivity contribution in [2.75, 3.05) is 7.11 Å². The molecule has 1 unspecified atom stereocenters. The van der Waals surface area contributed by atoms with Crippen molar-refractivity contribution in [1.29, 1.82) is 0 Å². The number of ether oxygens (including phenoxy) is 1. The third-order valence-electron chi connectivity index (χ3n) is 2.54. The zero-order chi connectivity index (χ0) is 13.0. The van der Waals surface area contributed by atoms with E-state index >= 15 is 0 Å². The number of benzene rings is 1. The number of halogens is 2. The third-order valence-corrected chi connectivity index (χ3v) is 3.36. The molecule has 0 saturated carbocycles. The molecule has 1 aromatic heterocycles. The van der Waals surface area contributed by atoms with E-state index in [0.29, 0.717) is 17.9 Å². The maximum absolute atomic E-state index is 13.6. The topological polar surface area (TPSA) is 35.0 Å². The summed E-state index contributed by atoms with van der Waals surface area (Å²) in [6, 6.07) is 8.44. The van der Waals surface area contributed by atoms with Gasteiger partial charge in [0.05, 0.1) is 7.11 Å². The monoisotopic (exact) mass is 310 g/mol. The first-order valence-corrected chi connectivity index (χ1v) is 6.35. The quantitative estimate of drug-likeness (QED) is 0.813. The molecule has 1 aromatic carbocycles. The van der Waals surface area contributed by atoms with Crippen molar-refractivity contribution in [1.82, 2.24) is 9.97 Å². The van der Waals surface area contributed by atoms with Crippen LogP contribution in [0.15, 0.2) is 36.7 Å². The molecule has 94 valence electrons. The first kappa shape index (κ1) is 13.0. The molecule has 3 nitrogen and oxygen atoms in total. The van der Waals surface area contributed by atoms with Crippen LogP contribution in [0.4, 0.5) is 4.39 Å². The zero-order valence-corrected chi connectivity index (χ0v) is 11.4. The normalized spacial score (nSPS) is 12.2. The van der Waals surface area contributed by atoms with Crippen LogP contribution in [0.5, 0.6) is 5.88 Å². The van der Waals surface area contributed by atoms with E-state index in [1.165, 1.54) is 12.4 Å². The van der Waals surface area contributed by atoms with E-state index in [4.69, 9.17) is 4.74 Å². The Hall–Kier alpha value is -1.49. The number of methoxy groups -OCH3 is 1. The fraction of sp³-hybridized carbons (Fsp3) is 0.231. The Morgan fingerprint density at radius 2 is 2.11 bits per heavy atom. The molecule has 0 N–H and O–H groups in total. The second-order valence-corrected chi connectivity index (χ2v) is 4.85. The van der Waals surface area contributed by atoms with Gasteiger partial charge in [0.25, 0.3) is 0 Å². The summed E-state index contributed by atoms with van der Waals surface area (Å²) in [6.45, 7) is 0. The summed E-state index contributed by atoms with van der Waals surface area (Å²) in [7, 11) is 1.55. The molecule has 1 heterocycles. The largest absolute Gasteiger partial charge is 0.481 e. The van der Waals surface area contributed by atoms with E-state index in [9.17, 15) is 4.39 Å². The SMILES string of the molecule is COc1cc(CC(Br)c2ccccc2F)ncn1. The van der Waals surface area contributed by atoms with Gasteiger partial charge in [-0.1, -0.05) is 34.1 Å². The smallest absolute Gasteiger partial charge is 0.216 e. The van der Waals surface area contributed by atoms with Crippen LogP contribution in [0.25, 0.3) is 0 Å². The molecule has 2 rings (SSSR count). The minimum absolute atomic E-state index is 0.127. The number of nitrogens with zero attached hydrogens (tertiary/aromatic N) is 2. The van der Waals surface area contributed by atoms with Gasteiger partial charge in [-0.2, -0.15) is 0 Å². The lowest BCUT2D eigenvalue weighted by Crippen LogP contribution is -2.01. The lowest BCUT2D eigenvalue weighted by atomic mass is 10.1. The molecule has 0 spiro atoms. The molecular weight excluding hydrogens is 299 g/mol. The Morgan fingerprint density at radius 3 is 2.83 bits per heavy atom. The van der Waals surface area contributed by atoms with Gasteiger partial charge in [0, 0.05) is 28.6 Å². The van der Waals surface area contributed by atoms with Crippen molar-refractivity contribution in [2.24, 2.45) is 0 Å². The van der Waals surface area contributed by atoms with Crippen molar-refractivity contribution in [3.05, 3.63) is 53.7 Å². The molecule has 18 heavy (non-hydrogen) atoms. The lowest BCUT2D eigenvalue weighted by Gasteiger charge is -2.10. The second-order valence-electron chi connectivity index (χ2n) is 3.74. The molecule has 1 atom stereocenters. The Labute approximate surface area is 113 Å². The number of alkyl halides is 1. The summed E-state index contributed by atoms with van der Waals surface area (Å²) in [5.41, 5.74) is 1.42. The molecule has 0 aliphatic carbocycles. The Morgan fingerprint density at radius 1 is 1.33 bits per heavy atom. The number of hydrogen-bond donors (Lipinski definition) is 0. The van der Waals surface area contributed by atoms with Crippen LogP contribution >= 0.6 is 15.9 Å². The number of aromatic nitrogens is 2. The van der Waals surface area contributed by atoms with Gasteiger partial charge in [-0.05, 0) is 6.07 Å². The van der Waals surface area contributed by atoms with Crippen molar-refractivity contribution >= 4 is 15.9 Å². The summed E-state index contributed by atoms with van der Waals surface area (Å²) >= 11 is 3.48. The molecule has 0 aliphatic rings. The van der Waals surface area contributed by atoms with E-state index < -0.39 is 0 Å². The van der Waals surface area contributed by atoms with E-state index in [1.54, 1.807) is 25.3 Å². The van der Waals surface area contributed by atoms with Crippen LogP contribution in [0.2, 0.25) is 0 Å². The highest BCUT2D eigenvalue weighted by Crippen LogP contribution is 2.28.